The highest BCUT2D eigenvalue weighted by atomic mass is 14.4. The molecule has 0 fully saturated rings. The van der Waals surface area contributed by atoms with Gasteiger partial charge in [0.1, 0.15) is 0 Å². The molecule has 9 aromatic rings. The normalized spacial score (nSPS) is 13.3. The Bertz CT molecular complexity index is 2720. The van der Waals surface area contributed by atoms with Crippen molar-refractivity contribution in [3.05, 3.63) is 181 Å². The van der Waals surface area contributed by atoms with E-state index < -0.39 is 0 Å². The Balaban J connectivity index is 1.25. The lowest BCUT2D eigenvalue weighted by atomic mass is 9.80. The minimum absolute atomic E-state index is 0.104. The van der Waals surface area contributed by atoms with Crippen molar-refractivity contribution in [2.75, 3.05) is 0 Å². The molecule has 0 nitrogen and oxygen atoms in total. The summed E-state index contributed by atoms with van der Waals surface area (Å²) in [6.07, 6.45) is 0. The molecule has 1 aliphatic rings. The first-order valence-electron chi connectivity index (χ1n) is 17.3. The lowest BCUT2D eigenvalue weighted by Crippen LogP contribution is -2.15. The zero-order valence-electron chi connectivity index (χ0n) is 27.7. The Kier molecular flexibility index (Phi) is 6.02. The minimum atomic E-state index is -0.104. The molecule has 230 valence electrons. The van der Waals surface area contributed by atoms with Gasteiger partial charge in [-0.15, -0.1) is 0 Å². The average Bonchev–Trinajstić information content (AvgIpc) is 3.37. The predicted molar refractivity (Wildman–Crippen MR) is 210 cm³/mol. The summed E-state index contributed by atoms with van der Waals surface area (Å²) in [4.78, 5) is 0. The van der Waals surface area contributed by atoms with Crippen molar-refractivity contribution in [1.82, 2.24) is 0 Å². The first kappa shape index (κ1) is 28.1. The van der Waals surface area contributed by atoms with Gasteiger partial charge in [-0.2, -0.15) is 0 Å². The zero-order valence-corrected chi connectivity index (χ0v) is 27.7. The van der Waals surface area contributed by atoms with Crippen LogP contribution >= 0.6 is 0 Å². The monoisotopic (exact) mass is 622 g/mol. The summed E-state index contributed by atoms with van der Waals surface area (Å²) in [6, 6.07) is 63.2. The van der Waals surface area contributed by atoms with E-state index in [2.05, 4.69) is 184 Å². The van der Waals surface area contributed by atoms with Crippen LogP contribution in [0.5, 0.6) is 0 Å². The van der Waals surface area contributed by atoms with Gasteiger partial charge >= 0.3 is 0 Å². The molecule has 0 bridgehead atoms. The molecule has 0 saturated carbocycles. The smallest absolute Gasteiger partial charge is 0.0159 e. The molecular formula is C49H34. The fraction of sp³-hybridized carbons (Fsp3) is 0.0612. The van der Waals surface area contributed by atoms with Crippen molar-refractivity contribution in [2.45, 2.75) is 19.3 Å². The first-order valence-corrected chi connectivity index (χ1v) is 17.3. The van der Waals surface area contributed by atoms with Gasteiger partial charge in [-0.05, 0) is 129 Å². The first-order chi connectivity index (χ1) is 24.1. The summed E-state index contributed by atoms with van der Waals surface area (Å²) < 4.78 is 0. The maximum Gasteiger partial charge on any atom is 0.0159 e. The fourth-order valence-corrected chi connectivity index (χ4v) is 8.62. The molecule has 0 heteroatoms. The maximum atomic E-state index is 2.49. The lowest BCUT2D eigenvalue weighted by molar-refractivity contribution is 0.661. The number of hydrogen-bond acceptors (Lipinski definition) is 0. The van der Waals surface area contributed by atoms with E-state index in [1.54, 1.807) is 0 Å². The van der Waals surface area contributed by atoms with Gasteiger partial charge in [0.2, 0.25) is 0 Å². The van der Waals surface area contributed by atoms with Crippen molar-refractivity contribution in [3.63, 3.8) is 0 Å². The van der Waals surface area contributed by atoms with Gasteiger partial charge in [-0.25, -0.2) is 0 Å². The fourth-order valence-electron chi connectivity index (χ4n) is 8.62. The van der Waals surface area contributed by atoms with Crippen molar-refractivity contribution in [2.24, 2.45) is 0 Å². The van der Waals surface area contributed by atoms with Gasteiger partial charge in [-0.3, -0.25) is 0 Å². The van der Waals surface area contributed by atoms with Gasteiger partial charge in [0.25, 0.3) is 0 Å². The third kappa shape index (κ3) is 4.17. The Labute approximate surface area is 286 Å². The summed E-state index contributed by atoms with van der Waals surface area (Å²) in [6.45, 7) is 4.78. The Morgan fingerprint density at radius 2 is 0.837 bits per heavy atom. The van der Waals surface area contributed by atoms with Crippen molar-refractivity contribution in [3.8, 4) is 44.5 Å². The van der Waals surface area contributed by atoms with Crippen LogP contribution < -0.4 is 0 Å². The maximum absolute atomic E-state index is 2.49. The zero-order chi connectivity index (χ0) is 32.7. The van der Waals surface area contributed by atoms with Gasteiger partial charge < -0.3 is 0 Å². The molecule has 0 saturated heterocycles. The van der Waals surface area contributed by atoms with Crippen LogP contribution in [0.1, 0.15) is 25.0 Å². The van der Waals surface area contributed by atoms with Crippen LogP contribution in [0.4, 0.5) is 0 Å². The van der Waals surface area contributed by atoms with Gasteiger partial charge in [0.15, 0.2) is 0 Å². The van der Waals surface area contributed by atoms with Crippen molar-refractivity contribution in [1.29, 1.82) is 0 Å². The number of benzene rings is 9. The number of rotatable bonds is 3. The molecule has 0 N–H and O–H groups in total. The highest BCUT2D eigenvalue weighted by molar-refractivity contribution is 6.24. The van der Waals surface area contributed by atoms with Gasteiger partial charge in [0.05, 0.1) is 0 Å². The predicted octanol–water partition coefficient (Wildman–Crippen LogP) is 13.6. The third-order valence-corrected chi connectivity index (χ3v) is 11.0. The summed E-state index contributed by atoms with van der Waals surface area (Å²) in [5, 5.41) is 10.2. The van der Waals surface area contributed by atoms with Crippen LogP contribution in [-0.4, -0.2) is 0 Å². The molecule has 9 aromatic carbocycles. The van der Waals surface area contributed by atoms with E-state index in [0.717, 1.165) is 0 Å². The quantitative estimate of drug-likeness (QED) is 0.172. The summed E-state index contributed by atoms with van der Waals surface area (Å²) in [7, 11) is 0. The summed E-state index contributed by atoms with van der Waals surface area (Å²) in [5.41, 5.74) is 13.0. The van der Waals surface area contributed by atoms with Gasteiger partial charge in [0, 0.05) is 5.41 Å². The molecule has 0 amide bonds. The molecule has 0 aromatic heterocycles. The van der Waals surface area contributed by atoms with Crippen molar-refractivity contribution >= 4 is 43.1 Å². The molecule has 1 aliphatic carbocycles. The van der Waals surface area contributed by atoms with E-state index >= 15 is 0 Å². The Hall–Kier alpha value is -5.98. The highest BCUT2D eigenvalue weighted by Gasteiger charge is 2.36. The second-order valence-corrected chi connectivity index (χ2v) is 14.1. The van der Waals surface area contributed by atoms with Crippen LogP contribution in [0.15, 0.2) is 170 Å². The Morgan fingerprint density at radius 3 is 1.51 bits per heavy atom. The second-order valence-electron chi connectivity index (χ2n) is 14.1. The van der Waals surface area contributed by atoms with Gasteiger partial charge in [-0.1, -0.05) is 153 Å². The molecule has 10 rings (SSSR count). The molecule has 0 unspecified atom stereocenters. The highest BCUT2D eigenvalue weighted by Crippen LogP contribution is 2.52. The third-order valence-electron chi connectivity index (χ3n) is 11.0. The van der Waals surface area contributed by atoms with Crippen LogP contribution in [0.3, 0.4) is 0 Å². The lowest BCUT2D eigenvalue weighted by Gasteiger charge is -2.23. The van der Waals surface area contributed by atoms with E-state index in [9.17, 15) is 0 Å². The topological polar surface area (TPSA) is 0 Å². The largest absolute Gasteiger partial charge is 0.0622 e. The molecular weight excluding hydrogens is 589 g/mol. The molecule has 0 aliphatic heterocycles. The Morgan fingerprint density at radius 1 is 0.306 bits per heavy atom. The van der Waals surface area contributed by atoms with Crippen LogP contribution in [0, 0.1) is 0 Å². The summed E-state index contributed by atoms with van der Waals surface area (Å²) >= 11 is 0. The molecule has 49 heavy (non-hydrogen) atoms. The van der Waals surface area contributed by atoms with Crippen LogP contribution in [0.25, 0.3) is 87.6 Å². The van der Waals surface area contributed by atoms with Crippen LogP contribution in [0.2, 0.25) is 0 Å². The SMILES string of the molecule is CC1(C)c2cc(-c3c4ccccc4c(-c4cc(-c5ccccc5)cc5ccccc45)c4ccccc34)ccc2-c2cc3ccccc3cc21. The van der Waals surface area contributed by atoms with Crippen LogP contribution in [-0.2, 0) is 5.41 Å². The van der Waals surface area contributed by atoms with E-state index in [4.69, 9.17) is 0 Å². The van der Waals surface area contributed by atoms with E-state index in [1.165, 1.54) is 98.7 Å². The number of hydrogen-bond donors (Lipinski definition) is 0. The van der Waals surface area contributed by atoms with E-state index in [0.29, 0.717) is 0 Å². The second kappa shape index (κ2) is 10.5. The number of fused-ring (bicyclic) bond motifs is 7. The van der Waals surface area contributed by atoms with Crippen molar-refractivity contribution < 1.29 is 0 Å². The molecule has 0 spiro atoms. The average molecular weight is 623 g/mol. The summed E-state index contributed by atoms with van der Waals surface area (Å²) in [5.74, 6) is 0. The van der Waals surface area contributed by atoms with E-state index in [1.807, 2.05) is 0 Å². The molecule has 0 radical (unpaired) electrons. The van der Waals surface area contributed by atoms with E-state index in [-0.39, 0.29) is 5.41 Å². The minimum Gasteiger partial charge on any atom is -0.0622 e. The molecule has 0 heterocycles. The standard InChI is InChI=1S/C49H34/c1-49(2)45-30-35(24-25-38(45)43-27-32-16-6-7-17-33(32)29-46(43)49)47-39-20-10-12-22-41(39)48(42-23-13-11-21-40(42)47)44-28-36(31-14-4-3-5-15-31)26-34-18-8-9-19-37(34)44/h3-30H,1-2H3. The molecule has 0 atom stereocenters.